The Kier molecular flexibility index (Phi) is 2.86. The second-order valence-corrected chi connectivity index (χ2v) is 5.61. The molecule has 3 rings (SSSR count). The van der Waals surface area contributed by atoms with Gasteiger partial charge in [0.2, 0.25) is 0 Å². The topological polar surface area (TPSA) is 25.8 Å². The zero-order chi connectivity index (χ0) is 11.8. The third-order valence-electron chi connectivity index (χ3n) is 2.37. The fourth-order valence-electron chi connectivity index (χ4n) is 1.60. The first-order valence-corrected chi connectivity index (χ1v) is 6.96. The van der Waals surface area contributed by atoms with Crippen LogP contribution in [0.3, 0.4) is 0 Å². The van der Waals surface area contributed by atoms with Gasteiger partial charge in [-0.2, -0.15) is 0 Å². The van der Waals surface area contributed by atoms with Gasteiger partial charge in [0.25, 0.3) is 0 Å². The van der Waals surface area contributed by atoms with E-state index in [0.29, 0.717) is 11.0 Å². The quantitative estimate of drug-likeness (QED) is 0.602. The van der Waals surface area contributed by atoms with Crippen LogP contribution in [0.15, 0.2) is 40.2 Å². The van der Waals surface area contributed by atoms with Crippen molar-refractivity contribution in [3.63, 3.8) is 0 Å². The minimum Gasteiger partial charge on any atom is -0.226 e. The fraction of sp³-hybridized carbons (Fsp3) is 0. The van der Waals surface area contributed by atoms with Crippen LogP contribution in [0.25, 0.3) is 21.6 Å². The number of halogens is 2. The molecule has 17 heavy (non-hydrogen) atoms. The predicted molar refractivity (Wildman–Crippen MR) is 75.6 cm³/mol. The number of rotatable bonds is 1. The van der Waals surface area contributed by atoms with Crippen LogP contribution in [0.2, 0.25) is 5.15 Å². The molecule has 0 amide bonds. The van der Waals surface area contributed by atoms with Crippen molar-refractivity contribution in [3.8, 4) is 10.7 Å². The number of benzene rings is 1. The van der Waals surface area contributed by atoms with Crippen LogP contribution in [0.5, 0.6) is 0 Å². The molecule has 3 aromatic rings. The van der Waals surface area contributed by atoms with Crippen molar-refractivity contribution < 1.29 is 0 Å². The number of para-hydroxylation sites is 1. The molecule has 0 unspecified atom stereocenters. The molecule has 0 saturated heterocycles. The number of fused-ring (bicyclic) bond motifs is 1. The summed E-state index contributed by atoms with van der Waals surface area (Å²) in [6.45, 7) is 0. The second-order valence-electron chi connectivity index (χ2n) is 3.45. The van der Waals surface area contributed by atoms with Crippen molar-refractivity contribution in [2.45, 2.75) is 0 Å². The van der Waals surface area contributed by atoms with Gasteiger partial charge in [-0.05, 0) is 39.5 Å². The van der Waals surface area contributed by atoms with Crippen LogP contribution in [-0.4, -0.2) is 9.97 Å². The monoisotopic (exact) mass is 324 g/mol. The number of thiophene rings is 1. The highest BCUT2D eigenvalue weighted by Gasteiger charge is 2.10. The number of hydrogen-bond acceptors (Lipinski definition) is 3. The highest BCUT2D eigenvalue weighted by Crippen LogP contribution is 2.30. The highest BCUT2D eigenvalue weighted by atomic mass is 79.9. The van der Waals surface area contributed by atoms with Crippen LogP contribution < -0.4 is 0 Å². The van der Waals surface area contributed by atoms with E-state index in [0.717, 1.165) is 20.3 Å². The fourth-order valence-corrected chi connectivity index (χ4v) is 2.94. The van der Waals surface area contributed by atoms with Gasteiger partial charge in [-0.25, -0.2) is 9.97 Å². The number of aromatic nitrogens is 2. The Labute approximate surface area is 115 Å². The first-order chi connectivity index (χ1) is 8.25. The molecule has 0 aliphatic rings. The van der Waals surface area contributed by atoms with Crippen molar-refractivity contribution in [1.82, 2.24) is 9.97 Å². The van der Waals surface area contributed by atoms with E-state index in [1.54, 1.807) is 11.3 Å². The minimum atomic E-state index is 0.486. The van der Waals surface area contributed by atoms with Crippen molar-refractivity contribution in [2.24, 2.45) is 0 Å². The van der Waals surface area contributed by atoms with Gasteiger partial charge in [0.1, 0.15) is 5.15 Å². The normalized spacial score (nSPS) is 10.9. The van der Waals surface area contributed by atoms with E-state index in [1.807, 2.05) is 35.7 Å². The largest absolute Gasteiger partial charge is 0.226 e. The third-order valence-corrected chi connectivity index (χ3v) is 4.17. The van der Waals surface area contributed by atoms with Gasteiger partial charge in [0.15, 0.2) is 5.82 Å². The van der Waals surface area contributed by atoms with Gasteiger partial charge < -0.3 is 0 Å². The standard InChI is InChI=1S/C12H6BrClN2S/c13-8-4-1-3-7-10(8)15-12(16-11(7)14)9-5-2-6-17-9/h1-6H. The molecule has 2 nitrogen and oxygen atoms in total. The van der Waals surface area contributed by atoms with Crippen molar-refractivity contribution in [2.75, 3.05) is 0 Å². The molecule has 0 bridgehead atoms. The Bertz CT molecular complexity index is 682. The molecule has 0 saturated carbocycles. The van der Waals surface area contributed by atoms with Gasteiger partial charge in [-0.15, -0.1) is 11.3 Å². The molecule has 84 valence electrons. The average Bonchev–Trinajstić information content (AvgIpc) is 2.84. The zero-order valence-corrected chi connectivity index (χ0v) is 11.7. The zero-order valence-electron chi connectivity index (χ0n) is 8.52. The van der Waals surface area contributed by atoms with Crippen LogP contribution >= 0.6 is 38.9 Å². The van der Waals surface area contributed by atoms with E-state index < -0.39 is 0 Å². The van der Waals surface area contributed by atoms with Crippen LogP contribution in [-0.2, 0) is 0 Å². The summed E-state index contributed by atoms with van der Waals surface area (Å²) in [5.41, 5.74) is 0.843. The molecule has 0 fully saturated rings. The van der Waals surface area contributed by atoms with Gasteiger partial charge >= 0.3 is 0 Å². The molecule has 0 atom stereocenters. The van der Waals surface area contributed by atoms with E-state index in [4.69, 9.17) is 11.6 Å². The van der Waals surface area contributed by atoms with Gasteiger partial charge in [0, 0.05) is 9.86 Å². The van der Waals surface area contributed by atoms with Crippen LogP contribution in [0.4, 0.5) is 0 Å². The summed E-state index contributed by atoms with van der Waals surface area (Å²) in [7, 11) is 0. The van der Waals surface area contributed by atoms with Crippen LogP contribution in [0, 0.1) is 0 Å². The summed E-state index contributed by atoms with van der Waals surface area (Å²) in [6.07, 6.45) is 0. The molecule has 0 aliphatic heterocycles. The average molecular weight is 326 g/mol. The van der Waals surface area contributed by atoms with E-state index in [2.05, 4.69) is 25.9 Å². The summed E-state index contributed by atoms with van der Waals surface area (Å²) in [5.74, 6) is 0.671. The summed E-state index contributed by atoms with van der Waals surface area (Å²) in [4.78, 5) is 9.89. The molecular weight excluding hydrogens is 320 g/mol. The van der Waals surface area contributed by atoms with Crippen molar-refractivity contribution >= 4 is 49.8 Å². The Balaban J connectivity index is 2.34. The lowest BCUT2D eigenvalue weighted by atomic mass is 10.2. The highest BCUT2D eigenvalue weighted by molar-refractivity contribution is 9.10. The Hall–Kier alpha value is -0.970. The molecule has 2 heterocycles. The summed E-state index contributed by atoms with van der Waals surface area (Å²) in [6, 6.07) is 9.75. The van der Waals surface area contributed by atoms with Crippen molar-refractivity contribution in [3.05, 3.63) is 45.3 Å². The van der Waals surface area contributed by atoms with E-state index in [9.17, 15) is 0 Å². The van der Waals surface area contributed by atoms with E-state index in [-0.39, 0.29) is 0 Å². The molecule has 1 aromatic carbocycles. The smallest absolute Gasteiger partial charge is 0.171 e. The van der Waals surface area contributed by atoms with E-state index in [1.165, 1.54) is 0 Å². The first-order valence-electron chi connectivity index (χ1n) is 4.91. The summed E-state index contributed by atoms with van der Waals surface area (Å²) in [5, 5.41) is 3.35. The number of nitrogens with zero attached hydrogens (tertiary/aromatic N) is 2. The summed E-state index contributed by atoms with van der Waals surface area (Å²) >= 11 is 11.3. The van der Waals surface area contributed by atoms with E-state index >= 15 is 0 Å². The van der Waals surface area contributed by atoms with Gasteiger partial charge in [-0.1, -0.05) is 23.7 Å². The summed E-state index contributed by atoms with van der Waals surface area (Å²) < 4.78 is 0.928. The maximum absolute atomic E-state index is 6.18. The lowest BCUT2D eigenvalue weighted by Crippen LogP contribution is -1.90. The SMILES string of the molecule is Clc1nc(-c2cccs2)nc2c(Br)cccc12. The molecule has 0 aliphatic carbocycles. The number of hydrogen-bond donors (Lipinski definition) is 0. The Morgan fingerprint density at radius 2 is 2.00 bits per heavy atom. The minimum absolute atomic E-state index is 0.486. The molecule has 2 aromatic heterocycles. The molecular formula is C12H6BrClN2S. The molecule has 0 radical (unpaired) electrons. The first kappa shape index (κ1) is 11.1. The van der Waals surface area contributed by atoms with Gasteiger partial charge in [0.05, 0.1) is 10.4 Å². The second kappa shape index (κ2) is 4.37. The molecule has 5 heteroatoms. The molecule has 0 N–H and O–H groups in total. The maximum Gasteiger partial charge on any atom is 0.171 e. The lowest BCUT2D eigenvalue weighted by molar-refractivity contribution is 1.24. The third kappa shape index (κ3) is 1.97. The lowest BCUT2D eigenvalue weighted by Gasteiger charge is -2.04. The van der Waals surface area contributed by atoms with Crippen molar-refractivity contribution in [1.29, 1.82) is 0 Å². The predicted octanol–water partition coefficient (Wildman–Crippen LogP) is 4.77. The molecule has 0 spiro atoms. The van der Waals surface area contributed by atoms with Crippen LogP contribution in [0.1, 0.15) is 0 Å². The maximum atomic E-state index is 6.18. The Morgan fingerprint density at radius 3 is 2.76 bits per heavy atom. The van der Waals surface area contributed by atoms with Gasteiger partial charge in [-0.3, -0.25) is 0 Å². The Morgan fingerprint density at radius 1 is 1.12 bits per heavy atom.